The van der Waals surface area contributed by atoms with Crippen molar-refractivity contribution in [3.05, 3.63) is 58.1 Å². The molecule has 7 heteroatoms. The maximum atomic E-state index is 12.8. The second-order valence-corrected chi connectivity index (χ2v) is 8.05. The minimum atomic E-state index is -0.485. The molecule has 1 aliphatic carbocycles. The number of rotatable bonds is 3. The summed E-state index contributed by atoms with van der Waals surface area (Å²) < 4.78 is 0. The third kappa shape index (κ3) is 3.88. The SMILES string of the molecule is O=C(c1ccc(-c2ccc(Cl)c(Cl)c2)cc1)N1CCN(C(=O)C2CC2O)CC1. The Morgan fingerprint density at radius 3 is 2.00 bits per heavy atom. The van der Waals surface area contributed by atoms with Crippen LogP contribution in [0.3, 0.4) is 0 Å². The lowest BCUT2D eigenvalue weighted by Gasteiger charge is -2.35. The zero-order valence-corrected chi connectivity index (χ0v) is 16.7. The first kappa shape index (κ1) is 19.2. The van der Waals surface area contributed by atoms with Crippen LogP contribution in [-0.4, -0.2) is 59.0 Å². The van der Waals surface area contributed by atoms with Gasteiger partial charge in [0.15, 0.2) is 0 Å². The molecule has 1 aliphatic heterocycles. The molecule has 146 valence electrons. The van der Waals surface area contributed by atoms with E-state index < -0.39 is 6.10 Å². The number of halogens is 2. The third-order valence-electron chi connectivity index (χ3n) is 5.34. The molecular weight excluding hydrogens is 399 g/mol. The summed E-state index contributed by atoms with van der Waals surface area (Å²) in [7, 11) is 0. The van der Waals surface area contributed by atoms with Crippen LogP contribution in [0, 0.1) is 5.92 Å². The van der Waals surface area contributed by atoms with E-state index in [0.29, 0.717) is 48.2 Å². The summed E-state index contributed by atoms with van der Waals surface area (Å²) in [6.07, 6.45) is 0.0737. The van der Waals surface area contributed by atoms with Gasteiger partial charge in [0.2, 0.25) is 5.91 Å². The van der Waals surface area contributed by atoms with Crippen molar-refractivity contribution in [2.45, 2.75) is 12.5 Å². The van der Waals surface area contributed by atoms with Gasteiger partial charge >= 0.3 is 0 Å². The fourth-order valence-electron chi connectivity index (χ4n) is 3.47. The second-order valence-electron chi connectivity index (χ2n) is 7.23. The molecule has 1 N–H and O–H groups in total. The maximum Gasteiger partial charge on any atom is 0.253 e. The zero-order chi connectivity index (χ0) is 19.8. The molecule has 2 fully saturated rings. The Labute approximate surface area is 173 Å². The Hall–Kier alpha value is -2.08. The molecule has 1 saturated carbocycles. The number of carbonyl (C=O) groups is 2. The molecule has 5 nitrogen and oxygen atoms in total. The van der Waals surface area contributed by atoms with Crippen molar-refractivity contribution in [2.75, 3.05) is 26.2 Å². The van der Waals surface area contributed by atoms with Gasteiger partial charge in [-0.05, 0) is 41.8 Å². The highest BCUT2D eigenvalue weighted by molar-refractivity contribution is 6.42. The van der Waals surface area contributed by atoms with E-state index in [2.05, 4.69) is 0 Å². The van der Waals surface area contributed by atoms with Crippen LogP contribution in [0.15, 0.2) is 42.5 Å². The number of aliphatic hydroxyl groups is 1. The minimum Gasteiger partial charge on any atom is -0.392 e. The summed E-state index contributed by atoms with van der Waals surface area (Å²) in [5.41, 5.74) is 2.50. The highest BCUT2D eigenvalue weighted by Crippen LogP contribution is 2.32. The Morgan fingerprint density at radius 2 is 1.43 bits per heavy atom. The van der Waals surface area contributed by atoms with Crippen molar-refractivity contribution in [3.63, 3.8) is 0 Å². The monoisotopic (exact) mass is 418 g/mol. The number of benzene rings is 2. The number of aliphatic hydroxyl groups excluding tert-OH is 1. The number of nitrogens with zero attached hydrogens (tertiary/aromatic N) is 2. The first-order valence-electron chi connectivity index (χ1n) is 9.25. The molecule has 2 amide bonds. The standard InChI is InChI=1S/C21H20Cl2N2O3/c22-17-6-5-15(11-18(17)23)13-1-3-14(4-2-13)20(27)24-7-9-25(10-8-24)21(28)16-12-19(16)26/h1-6,11,16,19,26H,7-10,12H2. The Kier molecular flexibility index (Phi) is 5.32. The largest absolute Gasteiger partial charge is 0.392 e. The van der Waals surface area contributed by atoms with Gasteiger partial charge in [0.05, 0.1) is 22.1 Å². The molecule has 2 aromatic rings. The summed E-state index contributed by atoms with van der Waals surface area (Å²) in [6, 6.07) is 12.8. The van der Waals surface area contributed by atoms with E-state index in [1.807, 2.05) is 18.2 Å². The van der Waals surface area contributed by atoms with Gasteiger partial charge in [0, 0.05) is 31.7 Å². The summed E-state index contributed by atoms with van der Waals surface area (Å²) in [6.45, 7) is 2.02. The number of carbonyl (C=O) groups excluding carboxylic acids is 2. The normalized spacial score (nSPS) is 21.5. The highest BCUT2D eigenvalue weighted by Gasteiger charge is 2.44. The molecule has 2 atom stereocenters. The van der Waals surface area contributed by atoms with E-state index in [1.165, 1.54) is 0 Å². The van der Waals surface area contributed by atoms with Gasteiger partial charge in [0.25, 0.3) is 5.91 Å². The lowest BCUT2D eigenvalue weighted by molar-refractivity contribution is -0.134. The molecule has 0 bridgehead atoms. The predicted molar refractivity (Wildman–Crippen MR) is 108 cm³/mol. The van der Waals surface area contributed by atoms with E-state index >= 15 is 0 Å². The second kappa shape index (κ2) is 7.74. The maximum absolute atomic E-state index is 12.8. The van der Waals surface area contributed by atoms with Crippen molar-refractivity contribution in [3.8, 4) is 11.1 Å². The van der Waals surface area contributed by atoms with Crippen LogP contribution in [0.25, 0.3) is 11.1 Å². The summed E-state index contributed by atoms with van der Waals surface area (Å²) >= 11 is 12.0. The third-order valence-corrected chi connectivity index (χ3v) is 6.08. The molecule has 1 saturated heterocycles. The van der Waals surface area contributed by atoms with Crippen molar-refractivity contribution in [1.82, 2.24) is 9.80 Å². The van der Waals surface area contributed by atoms with E-state index in [1.54, 1.807) is 34.1 Å². The topological polar surface area (TPSA) is 60.9 Å². The Morgan fingerprint density at radius 1 is 0.857 bits per heavy atom. The molecule has 1 heterocycles. The van der Waals surface area contributed by atoms with Crippen LogP contribution < -0.4 is 0 Å². The average molecular weight is 419 g/mol. The number of hydrogen-bond donors (Lipinski definition) is 1. The smallest absolute Gasteiger partial charge is 0.253 e. The van der Waals surface area contributed by atoms with E-state index in [-0.39, 0.29) is 17.7 Å². The minimum absolute atomic E-state index is 0.00516. The van der Waals surface area contributed by atoms with E-state index in [4.69, 9.17) is 23.2 Å². The van der Waals surface area contributed by atoms with Crippen LogP contribution in [0.1, 0.15) is 16.8 Å². The number of amides is 2. The van der Waals surface area contributed by atoms with Gasteiger partial charge in [-0.2, -0.15) is 0 Å². The van der Waals surface area contributed by atoms with Gasteiger partial charge < -0.3 is 14.9 Å². The van der Waals surface area contributed by atoms with E-state index in [0.717, 1.165) is 11.1 Å². The summed E-state index contributed by atoms with van der Waals surface area (Å²) in [5, 5.41) is 10.4. The lowest BCUT2D eigenvalue weighted by Crippen LogP contribution is -2.51. The zero-order valence-electron chi connectivity index (χ0n) is 15.1. The molecule has 4 rings (SSSR count). The molecule has 0 radical (unpaired) electrons. The van der Waals surface area contributed by atoms with Crippen LogP contribution in [0.5, 0.6) is 0 Å². The molecule has 28 heavy (non-hydrogen) atoms. The first-order valence-corrected chi connectivity index (χ1v) is 10.0. The van der Waals surface area contributed by atoms with Crippen molar-refractivity contribution in [1.29, 1.82) is 0 Å². The van der Waals surface area contributed by atoms with E-state index in [9.17, 15) is 14.7 Å². The fraction of sp³-hybridized carbons (Fsp3) is 0.333. The summed E-state index contributed by atoms with van der Waals surface area (Å²) in [5.74, 6) is -0.277. The van der Waals surface area contributed by atoms with Crippen LogP contribution in [-0.2, 0) is 4.79 Å². The molecule has 2 aromatic carbocycles. The van der Waals surface area contributed by atoms with Crippen molar-refractivity contribution >= 4 is 35.0 Å². The predicted octanol–water partition coefficient (Wildman–Crippen LogP) is 3.33. The molecule has 2 aliphatic rings. The number of piperazine rings is 1. The Bertz CT molecular complexity index is 908. The highest BCUT2D eigenvalue weighted by atomic mass is 35.5. The van der Waals surface area contributed by atoms with Crippen molar-refractivity contribution in [2.24, 2.45) is 5.92 Å². The first-order chi connectivity index (χ1) is 13.4. The van der Waals surface area contributed by atoms with Gasteiger partial charge in [-0.25, -0.2) is 0 Å². The summed E-state index contributed by atoms with van der Waals surface area (Å²) in [4.78, 5) is 28.5. The average Bonchev–Trinajstić information content (AvgIpc) is 3.46. The van der Waals surface area contributed by atoms with Crippen LogP contribution in [0.4, 0.5) is 0 Å². The van der Waals surface area contributed by atoms with Crippen molar-refractivity contribution < 1.29 is 14.7 Å². The van der Waals surface area contributed by atoms with Crippen LogP contribution in [0.2, 0.25) is 10.0 Å². The van der Waals surface area contributed by atoms with Gasteiger partial charge in [-0.3, -0.25) is 9.59 Å². The Balaban J connectivity index is 1.38. The number of hydrogen-bond acceptors (Lipinski definition) is 3. The molecule has 0 aromatic heterocycles. The van der Waals surface area contributed by atoms with Gasteiger partial charge in [-0.15, -0.1) is 0 Å². The van der Waals surface area contributed by atoms with Gasteiger partial charge in [0.1, 0.15) is 0 Å². The molecule has 2 unspecified atom stereocenters. The quantitative estimate of drug-likeness (QED) is 0.831. The lowest BCUT2D eigenvalue weighted by atomic mass is 10.0. The van der Waals surface area contributed by atoms with Gasteiger partial charge in [-0.1, -0.05) is 41.4 Å². The molecule has 0 spiro atoms. The van der Waals surface area contributed by atoms with Crippen LogP contribution >= 0.6 is 23.2 Å². The fourth-order valence-corrected chi connectivity index (χ4v) is 3.77. The molecular formula is C21H20Cl2N2O3.